The van der Waals surface area contributed by atoms with Gasteiger partial charge < -0.3 is 26.2 Å². The Morgan fingerprint density at radius 1 is 1.28 bits per heavy atom. The van der Waals surface area contributed by atoms with Gasteiger partial charge in [-0.2, -0.15) is 0 Å². The number of ether oxygens (including phenoxy) is 1. The first-order chi connectivity index (χ1) is 8.49. The van der Waals surface area contributed by atoms with Crippen molar-refractivity contribution in [2.75, 3.05) is 13.1 Å². The van der Waals surface area contributed by atoms with Crippen LogP contribution in [-0.2, 0) is 14.3 Å². The van der Waals surface area contributed by atoms with Crippen LogP contribution in [0.2, 0.25) is 0 Å². The van der Waals surface area contributed by atoms with Crippen LogP contribution in [0.4, 0.5) is 4.79 Å². The predicted octanol–water partition coefficient (Wildman–Crippen LogP) is -1.21. The van der Waals surface area contributed by atoms with Gasteiger partial charge in [-0.05, 0) is 12.8 Å². The van der Waals surface area contributed by atoms with Crippen LogP contribution in [0.15, 0.2) is 0 Å². The largest absolute Gasteiger partial charge is 0.479 e. The van der Waals surface area contributed by atoms with E-state index in [4.69, 9.17) is 15.6 Å². The summed E-state index contributed by atoms with van der Waals surface area (Å²) < 4.78 is 5.20. The normalized spacial score (nSPS) is 22.4. The fourth-order valence-corrected chi connectivity index (χ4v) is 1.61. The minimum atomic E-state index is -0.983. The van der Waals surface area contributed by atoms with Gasteiger partial charge in [-0.15, -0.1) is 0 Å². The summed E-state index contributed by atoms with van der Waals surface area (Å²) in [7, 11) is 0. The van der Waals surface area contributed by atoms with Crippen LogP contribution in [0, 0.1) is 0 Å². The van der Waals surface area contributed by atoms with Gasteiger partial charge in [0.05, 0.1) is 6.10 Å². The standard InChI is InChI=1S/C10H17N3O5/c11-8(14)3-4-12-10(17)13-5-6-1-2-7(18-6)9(15)16/h6-7H,1-5H2,(H2,11,14)(H,15,16)(H2,12,13,17). The van der Waals surface area contributed by atoms with Gasteiger partial charge in [0.25, 0.3) is 0 Å². The number of urea groups is 1. The molecule has 1 fully saturated rings. The smallest absolute Gasteiger partial charge is 0.332 e. The van der Waals surface area contributed by atoms with Crippen LogP contribution in [0.3, 0.4) is 0 Å². The number of aliphatic carboxylic acids is 1. The molecule has 0 aromatic heterocycles. The predicted molar refractivity (Wildman–Crippen MR) is 60.7 cm³/mol. The van der Waals surface area contributed by atoms with Crippen molar-refractivity contribution in [3.63, 3.8) is 0 Å². The summed E-state index contributed by atoms with van der Waals surface area (Å²) >= 11 is 0. The number of carboxylic acids is 1. The van der Waals surface area contributed by atoms with E-state index >= 15 is 0 Å². The summed E-state index contributed by atoms with van der Waals surface area (Å²) in [5, 5.41) is 13.7. The number of nitrogens with one attached hydrogen (secondary N) is 2. The molecule has 0 aromatic rings. The average molecular weight is 259 g/mol. The lowest BCUT2D eigenvalue weighted by Crippen LogP contribution is -2.41. The van der Waals surface area contributed by atoms with Crippen molar-refractivity contribution < 1.29 is 24.2 Å². The quantitative estimate of drug-likeness (QED) is 0.475. The van der Waals surface area contributed by atoms with Crippen LogP contribution in [-0.4, -0.2) is 48.3 Å². The van der Waals surface area contributed by atoms with E-state index in [1.807, 2.05) is 0 Å². The third-order valence-electron chi connectivity index (χ3n) is 2.53. The molecule has 0 radical (unpaired) electrons. The van der Waals surface area contributed by atoms with Crippen molar-refractivity contribution >= 4 is 17.9 Å². The number of carbonyl (C=O) groups is 3. The molecule has 3 amide bonds. The van der Waals surface area contributed by atoms with Gasteiger partial charge in [0, 0.05) is 19.5 Å². The van der Waals surface area contributed by atoms with E-state index in [9.17, 15) is 14.4 Å². The average Bonchev–Trinajstić information content (AvgIpc) is 2.74. The molecular formula is C10H17N3O5. The summed E-state index contributed by atoms with van der Waals surface area (Å²) in [6, 6.07) is -0.432. The molecule has 1 aliphatic heterocycles. The Morgan fingerprint density at radius 3 is 2.56 bits per heavy atom. The van der Waals surface area contributed by atoms with Crippen molar-refractivity contribution in [3.8, 4) is 0 Å². The molecule has 1 heterocycles. The molecule has 0 spiro atoms. The van der Waals surface area contributed by atoms with Gasteiger partial charge in [0.15, 0.2) is 6.10 Å². The second-order valence-corrected chi connectivity index (χ2v) is 4.02. The van der Waals surface area contributed by atoms with Crippen LogP contribution < -0.4 is 16.4 Å². The zero-order chi connectivity index (χ0) is 13.5. The molecule has 1 rings (SSSR count). The van der Waals surface area contributed by atoms with Crippen LogP contribution in [0.5, 0.6) is 0 Å². The third kappa shape index (κ3) is 5.00. The number of rotatable bonds is 6. The van der Waals surface area contributed by atoms with Gasteiger partial charge >= 0.3 is 12.0 Å². The third-order valence-corrected chi connectivity index (χ3v) is 2.53. The SMILES string of the molecule is NC(=O)CCNC(=O)NCC1CCC(C(=O)O)O1. The maximum absolute atomic E-state index is 11.3. The molecule has 0 aliphatic carbocycles. The van der Waals surface area contributed by atoms with Gasteiger partial charge in [-0.25, -0.2) is 9.59 Å². The molecule has 18 heavy (non-hydrogen) atoms. The molecule has 0 saturated carbocycles. The van der Waals surface area contributed by atoms with E-state index in [1.165, 1.54) is 0 Å². The minimum absolute atomic E-state index is 0.0778. The van der Waals surface area contributed by atoms with Crippen molar-refractivity contribution in [2.24, 2.45) is 5.73 Å². The Bertz CT molecular complexity index is 333. The van der Waals surface area contributed by atoms with E-state index in [0.29, 0.717) is 12.8 Å². The highest BCUT2D eigenvalue weighted by molar-refractivity contribution is 5.77. The first-order valence-corrected chi connectivity index (χ1v) is 5.67. The zero-order valence-electron chi connectivity index (χ0n) is 9.85. The monoisotopic (exact) mass is 259 g/mol. The zero-order valence-corrected chi connectivity index (χ0v) is 9.85. The lowest BCUT2D eigenvalue weighted by Gasteiger charge is -2.12. The summed E-state index contributed by atoms with van der Waals surface area (Å²) in [6.07, 6.45) is 0.0560. The Labute approximate surface area is 104 Å². The summed E-state index contributed by atoms with van der Waals surface area (Å²) in [4.78, 5) is 32.3. The lowest BCUT2D eigenvalue weighted by atomic mass is 10.2. The van der Waals surface area contributed by atoms with Crippen molar-refractivity contribution in [1.82, 2.24) is 10.6 Å². The van der Waals surface area contributed by atoms with E-state index in [-0.39, 0.29) is 25.6 Å². The fraction of sp³-hybridized carbons (Fsp3) is 0.700. The van der Waals surface area contributed by atoms with Crippen molar-refractivity contribution in [3.05, 3.63) is 0 Å². The molecule has 1 saturated heterocycles. The summed E-state index contributed by atoms with van der Waals surface area (Å²) in [6.45, 7) is 0.413. The molecule has 2 unspecified atom stereocenters. The van der Waals surface area contributed by atoms with Crippen molar-refractivity contribution in [1.29, 1.82) is 0 Å². The topological polar surface area (TPSA) is 131 Å². The Morgan fingerprint density at radius 2 is 2.00 bits per heavy atom. The number of nitrogens with two attached hydrogens (primary N) is 1. The molecule has 8 heteroatoms. The Balaban J connectivity index is 2.12. The molecule has 5 N–H and O–H groups in total. The van der Waals surface area contributed by atoms with Crippen LogP contribution in [0.25, 0.3) is 0 Å². The van der Waals surface area contributed by atoms with Crippen molar-refractivity contribution in [2.45, 2.75) is 31.5 Å². The number of carboxylic acid groups (broad SMARTS) is 1. The lowest BCUT2D eigenvalue weighted by molar-refractivity contribution is -0.149. The first kappa shape index (κ1) is 14.2. The Hall–Kier alpha value is -1.83. The molecule has 0 aromatic carbocycles. The minimum Gasteiger partial charge on any atom is -0.479 e. The van der Waals surface area contributed by atoms with E-state index in [0.717, 1.165) is 0 Å². The first-order valence-electron chi connectivity index (χ1n) is 5.67. The van der Waals surface area contributed by atoms with Gasteiger partial charge in [-0.1, -0.05) is 0 Å². The number of primary amides is 1. The molecule has 2 atom stereocenters. The molecule has 8 nitrogen and oxygen atoms in total. The summed E-state index contributed by atoms with van der Waals surface area (Å²) in [5.41, 5.74) is 4.91. The molecule has 0 bridgehead atoms. The van der Waals surface area contributed by atoms with Gasteiger partial charge in [0.1, 0.15) is 0 Å². The van der Waals surface area contributed by atoms with E-state index in [2.05, 4.69) is 10.6 Å². The number of amides is 3. The molecule has 102 valence electrons. The van der Waals surface area contributed by atoms with E-state index in [1.54, 1.807) is 0 Å². The van der Waals surface area contributed by atoms with Crippen LogP contribution >= 0.6 is 0 Å². The fourth-order valence-electron chi connectivity index (χ4n) is 1.61. The highest BCUT2D eigenvalue weighted by Gasteiger charge is 2.30. The summed E-state index contributed by atoms with van der Waals surface area (Å²) in [5.74, 6) is -1.47. The maximum atomic E-state index is 11.3. The van der Waals surface area contributed by atoms with Gasteiger partial charge in [0.2, 0.25) is 5.91 Å². The second-order valence-electron chi connectivity index (χ2n) is 4.02. The van der Waals surface area contributed by atoms with Crippen LogP contribution in [0.1, 0.15) is 19.3 Å². The number of carbonyl (C=O) groups excluding carboxylic acids is 2. The van der Waals surface area contributed by atoms with Gasteiger partial charge in [-0.3, -0.25) is 4.79 Å². The number of hydrogen-bond donors (Lipinski definition) is 4. The maximum Gasteiger partial charge on any atom is 0.332 e. The highest BCUT2D eigenvalue weighted by Crippen LogP contribution is 2.18. The Kier molecular flexibility index (Phi) is 5.37. The van der Waals surface area contributed by atoms with E-state index < -0.39 is 24.0 Å². The molecular weight excluding hydrogens is 242 g/mol. The molecule has 1 aliphatic rings. The second kappa shape index (κ2) is 6.80. The number of hydrogen-bond acceptors (Lipinski definition) is 4. The highest BCUT2D eigenvalue weighted by atomic mass is 16.5.